The molecule has 0 radical (unpaired) electrons. The maximum Gasteiger partial charge on any atom is 0.296 e. The molecule has 3 rings (SSSR count). The van der Waals surface area contributed by atoms with Gasteiger partial charge in [-0.05, 0) is 54.3 Å². The van der Waals surface area contributed by atoms with Crippen LogP contribution in [-0.2, 0) is 10.1 Å². The summed E-state index contributed by atoms with van der Waals surface area (Å²) in [6, 6.07) is 12.5. The SMILES string of the molecule is Cc1cc2cc(N)ccc2c(O)c1N=Nc1ccccc1S(=O)(=O)O. The molecule has 0 atom stereocenters. The Balaban J connectivity index is 2.13. The number of nitrogens with zero attached hydrogens (tertiary/aromatic N) is 2. The van der Waals surface area contributed by atoms with Gasteiger partial charge in [0.25, 0.3) is 10.1 Å². The highest BCUT2D eigenvalue weighted by molar-refractivity contribution is 7.86. The summed E-state index contributed by atoms with van der Waals surface area (Å²) < 4.78 is 32.0. The van der Waals surface area contributed by atoms with Crippen LogP contribution in [0.25, 0.3) is 10.8 Å². The first-order valence-electron chi connectivity index (χ1n) is 7.27. The molecule has 7 nitrogen and oxygen atoms in total. The van der Waals surface area contributed by atoms with E-state index in [2.05, 4.69) is 10.2 Å². The molecular weight excluding hydrogens is 342 g/mol. The summed E-state index contributed by atoms with van der Waals surface area (Å²) in [6.45, 7) is 1.74. The van der Waals surface area contributed by atoms with Gasteiger partial charge in [0.05, 0.1) is 0 Å². The Kier molecular flexibility index (Phi) is 4.15. The van der Waals surface area contributed by atoms with E-state index in [4.69, 9.17) is 5.73 Å². The lowest BCUT2D eigenvalue weighted by Crippen LogP contribution is -1.97. The maximum absolute atomic E-state index is 11.4. The zero-order valence-electron chi connectivity index (χ0n) is 13.2. The highest BCUT2D eigenvalue weighted by Crippen LogP contribution is 2.39. The molecule has 128 valence electrons. The standard InChI is InChI=1S/C17H15N3O4S/c1-10-8-11-9-12(18)6-7-13(11)17(21)16(10)20-19-14-4-2-3-5-15(14)25(22,23)24/h2-9,21H,18H2,1H3,(H,22,23,24). The van der Waals surface area contributed by atoms with E-state index in [1.807, 2.05) is 0 Å². The molecular formula is C17H15N3O4S. The van der Waals surface area contributed by atoms with Crippen LogP contribution < -0.4 is 5.73 Å². The molecule has 0 unspecified atom stereocenters. The molecule has 0 saturated heterocycles. The Bertz CT molecular complexity index is 1110. The number of benzene rings is 3. The van der Waals surface area contributed by atoms with Gasteiger partial charge in [0.2, 0.25) is 0 Å². The van der Waals surface area contributed by atoms with Gasteiger partial charge in [0.15, 0.2) is 5.75 Å². The van der Waals surface area contributed by atoms with E-state index in [0.717, 1.165) is 5.39 Å². The van der Waals surface area contributed by atoms with E-state index < -0.39 is 10.1 Å². The summed E-state index contributed by atoms with van der Waals surface area (Å²) in [5.41, 5.74) is 7.15. The molecule has 25 heavy (non-hydrogen) atoms. The van der Waals surface area contributed by atoms with Crippen LogP contribution in [0.5, 0.6) is 5.75 Å². The average Bonchev–Trinajstić information content (AvgIpc) is 2.53. The van der Waals surface area contributed by atoms with E-state index in [9.17, 15) is 18.1 Å². The lowest BCUT2D eigenvalue weighted by Gasteiger charge is -2.08. The van der Waals surface area contributed by atoms with Gasteiger partial charge >= 0.3 is 0 Å². The predicted octanol–water partition coefficient (Wildman–Crippen LogP) is 4.10. The van der Waals surface area contributed by atoms with Gasteiger partial charge < -0.3 is 10.8 Å². The van der Waals surface area contributed by atoms with Crippen LogP contribution in [0.2, 0.25) is 0 Å². The second-order valence-electron chi connectivity index (χ2n) is 5.51. The number of hydrogen-bond acceptors (Lipinski definition) is 6. The Morgan fingerprint density at radius 2 is 1.76 bits per heavy atom. The first kappa shape index (κ1) is 16.9. The fourth-order valence-corrected chi connectivity index (χ4v) is 3.14. The second kappa shape index (κ2) is 6.15. The minimum atomic E-state index is -4.43. The number of phenols is 1. The van der Waals surface area contributed by atoms with Crippen molar-refractivity contribution in [2.45, 2.75) is 11.8 Å². The molecule has 0 spiro atoms. The minimum Gasteiger partial charge on any atom is -0.505 e. The van der Waals surface area contributed by atoms with Gasteiger partial charge in [-0.3, -0.25) is 4.55 Å². The zero-order valence-corrected chi connectivity index (χ0v) is 14.0. The normalized spacial score (nSPS) is 12.1. The van der Waals surface area contributed by atoms with E-state index in [-0.39, 0.29) is 22.0 Å². The van der Waals surface area contributed by atoms with Crippen molar-refractivity contribution < 1.29 is 18.1 Å². The molecule has 0 amide bonds. The van der Waals surface area contributed by atoms with Crippen LogP contribution in [0, 0.1) is 6.92 Å². The number of hydrogen-bond donors (Lipinski definition) is 3. The molecule has 0 saturated carbocycles. The van der Waals surface area contributed by atoms with Crippen LogP contribution in [-0.4, -0.2) is 18.1 Å². The van der Waals surface area contributed by atoms with E-state index >= 15 is 0 Å². The van der Waals surface area contributed by atoms with Crippen molar-refractivity contribution in [3.05, 3.63) is 54.1 Å². The molecule has 0 aromatic heterocycles. The number of aryl methyl sites for hydroxylation is 1. The first-order chi connectivity index (χ1) is 11.8. The van der Waals surface area contributed by atoms with Crippen LogP contribution in [0.3, 0.4) is 0 Å². The molecule has 4 N–H and O–H groups in total. The average molecular weight is 357 g/mol. The largest absolute Gasteiger partial charge is 0.505 e. The molecule has 3 aromatic rings. The zero-order chi connectivity index (χ0) is 18.2. The van der Waals surface area contributed by atoms with Crippen LogP contribution in [0.15, 0.2) is 63.7 Å². The van der Waals surface area contributed by atoms with Crippen molar-refractivity contribution in [3.63, 3.8) is 0 Å². The van der Waals surface area contributed by atoms with Gasteiger partial charge in [-0.2, -0.15) is 8.42 Å². The topological polar surface area (TPSA) is 125 Å². The van der Waals surface area contributed by atoms with Gasteiger partial charge in [-0.25, -0.2) is 0 Å². The fourth-order valence-electron chi connectivity index (χ4n) is 2.52. The van der Waals surface area contributed by atoms with Gasteiger partial charge in [-0.15, -0.1) is 10.2 Å². The third-order valence-electron chi connectivity index (χ3n) is 3.70. The van der Waals surface area contributed by atoms with Crippen molar-refractivity contribution in [3.8, 4) is 5.75 Å². The Hall–Kier alpha value is -2.97. The third kappa shape index (κ3) is 3.30. The monoisotopic (exact) mass is 357 g/mol. The molecule has 0 fully saturated rings. The van der Waals surface area contributed by atoms with Crippen molar-refractivity contribution in [1.29, 1.82) is 0 Å². The van der Waals surface area contributed by atoms with Crippen LogP contribution >= 0.6 is 0 Å². The quantitative estimate of drug-likeness (QED) is 0.370. The number of anilines is 1. The van der Waals surface area contributed by atoms with E-state index in [1.54, 1.807) is 37.3 Å². The number of rotatable bonds is 3. The number of nitrogen functional groups attached to an aromatic ring is 1. The Morgan fingerprint density at radius 3 is 2.48 bits per heavy atom. The van der Waals surface area contributed by atoms with Gasteiger partial charge in [-0.1, -0.05) is 12.1 Å². The summed E-state index contributed by atoms with van der Waals surface area (Å²) in [5, 5.41) is 19.7. The van der Waals surface area contributed by atoms with Crippen molar-refractivity contribution in [2.75, 3.05) is 5.73 Å². The second-order valence-corrected chi connectivity index (χ2v) is 6.90. The van der Waals surface area contributed by atoms with Crippen molar-refractivity contribution in [1.82, 2.24) is 0 Å². The lowest BCUT2D eigenvalue weighted by molar-refractivity contribution is 0.482. The third-order valence-corrected chi connectivity index (χ3v) is 4.60. The molecule has 0 aliphatic carbocycles. The van der Waals surface area contributed by atoms with Crippen LogP contribution in [0.1, 0.15) is 5.56 Å². The van der Waals surface area contributed by atoms with Crippen molar-refractivity contribution in [2.24, 2.45) is 10.2 Å². The number of phenolic OH excluding ortho intramolecular Hbond substituents is 1. The molecule has 0 heterocycles. The van der Waals surface area contributed by atoms with E-state index in [1.165, 1.54) is 18.2 Å². The predicted molar refractivity (Wildman–Crippen MR) is 95.2 cm³/mol. The van der Waals surface area contributed by atoms with Gasteiger partial charge in [0, 0.05) is 11.1 Å². The van der Waals surface area contributed by atoms with Crippen molar-refractivity contribution >= 4 is 38.0 Å². The smallest absolute Gasteiger partial charge is 0.296 e. The number of fused-ring (bicyclic) bond motifs is 1. The number of azo groups is 1. The molecule has 8 heteroatoms. The Labute approximate surface area is 144 Å². The molecule has 0 aliphatic heterocycles. The van der Waals surface area contributed by atoms with Gasteiger partial charge in [0.1, 0.15) is 16.3 Å². The van der Waals surface area contributed by atoms with E-state index in [0.29, 0.717) is 16.6 Å². The summed E-state index contributed by atoms with van der Waals surface area (Å²) in [5.74, 6) is -0.0805. The number of nitrogens with two attached hydrogens (primary N) is 1. The highest BCUT2D eigenvalue weighted by atomic mass is 32.2. The number of aromatic hydroxyl groups is 1. The summed E-state index contributed by atoms with van der Waals surface area (Å²) >= 11 is 0. The lowest BCUT2D eigenvalue weighted by atomic mass is 10.0. The maximum atomic E-state index is 11.4. The molecule has 3 aromatic carbocycles. The highest BCUT2D eigenvalue weighted by Gasteiger charge is 2.15. The minimum absolute atomic E-state index is 0.0267. The summed E-state index contributed by atoms with van der Waals surface area (Å²) in [7, 11) is -4.43. The summed E-state index contributed by atoms with van der Waals surface area (Å²) in [6.07, 6.45) is 0. The Morgan fingerprint density at radius 1 is 1.04 bits per heavy atom. The first-order valence-corrected chi connectivity index (χ1v) is 8.71. The molecule has 0 bridgehead atoms. The molecule has 0 aliphatic rings. The fraction of sp³-hybridized carbons (Fsp3) is 0.0588. The van der Waals surface area contributed by atoms with Crippen LogP contribution in [0.4, 0.5) is 17.1 Å². The summed E-state index contributed by atoms with van der Waals surface area (Å²) in [4.78, 5) is -0.357.